The summed E-state index contributed by atoms with van der Waals surface area (Å²) in [4.78, 5) is 29.4. The summed E-state index contributed by atoms with van der Waals surface area (Å²) in [6.45, 7) is 1.50. The van der Waals surface area contributed by atoms with Crippen LogP contribution in [0.2, 0.25) is 0 Å². The van der Waals surface area contributed by atoms with Gasteiger partial charge in [0, 0.05) is 11.6 Å². The molecule has 0 atom stereocenters. The van der Waals surface area contributed by atoms with Gasteiger partial charge in [0.05, 0.1) is 17.7 Å². The van der Waals surface area contributed by atoms with E-state index in [0.29, 0.717) is 16.4 Å². The van der Waals surface area contributed by atoms with Gasteiger partial charge >= 0.3 is 5.97 Å². The van der Waals surface area contributed by atoms with E-state index in [1.807, 2.05) is 31.2 Å². The average molecular weight is 404 g/mol. The summed E-state index contributed by atoms with van der Waals surface area (Å²) in [5.74, 6) is -0.408. The molecule has 3 rings (SSSR count). The summed E-state index contributed by atoms with van der Waals surface area (Å²) in [6, 6.07) is 9.27. The molecule has 1 aromatic heterocycles. The maximum Gasteiger partial charge on any atom is 0.323 e. The quantitative estimate of drug-likeness (QED) is 0.429. The summed E-state index contributed by atoms with van der Waals surface area (Å²) >= 11 is 6.14. The Hall–Kier alpha value is -2.62. The molecule has 1 aliphatic heterocycles. The molecule has 0 spiro atoms. The number of furan rings is 1. The van der Waals surface area contributed by atoms with Gasteiger partial charge in [-0.3, -0.25) is 24.8 Å². The minimum Gasteiger partial charge on any atom is -0.480 e. The van der Waals surface area contributed by atoms with Crippen LogP contribution in [0.5, 0.6) is 0 Å². The van der Waals surface area contributed by atoms with Gasteiger partial charge in [-0.05, 0) is 42.8 Å². The largest absolute Gasteiger partial charge is 0.480 e. The minimum absolute atomic E-state index is 0.220. The third-order valence-electron chi connectivity index (χ3n) is 3.78. The highest BCUT2D eigenvalue weighted by Crippen LogP contribution is 2.34. The predicted molar refractivity (Wildman–Crippen MR) is 107 cm³/mol. The molecule has 0 aliphatic carbocycles. The summed E-state index contributed by atoms with van der Waals surface area (Å²) in [5.41, 5.74) is 5.50. The number of anilines is 1. The molecule has 2 aromatic rings. The van der Waals surface area contributed by atoms with E-state index < -0.39 is 18.4 Å². The van der Waals surface area contributed by atoms with Crippen molar-refractivity contribution in [2.24, 2.45) is 0 Å². The monoisotopic (exact) mass is 404 g/mol. The van der Waals surface area contributed by atoms with Crippen LogP contribution in [0.25, 0.3) is 17.4 Å². The first kappa shape index (κ1) is 19.2. The number of benzene rings is 1. The van der Waals surface area contributed by atoms with Crippen LogP contribution in [0.1, 0.15) is 11.3 Å². The number of rotatable bonds is 6. The van der Waals surface area contributed by atoms with Crippen molar-refractivity contribution in [3.8, 4) is 11.3 Å². The number of thiocarbonyl (C=S) groups is 1. The van der Waals surface area contributed by atoms with E-state index in [9.17, 15) is 9.59 Å². The summed E-state index contributed by atoms with van der Waals surface area (Å²) in [5, 5.41) is 8.88. The Kier molecular flexibility index (Phi) is 5.64. The molecular weight excluding hydrogens is 388 g/mol. The number of thioether (sulfide) groups is 1. The van der Waals surface area contributed by atoms with Gasteiger partial charge in [-0.15, -0.1) is 0 Å². The maximum atomic E-state index is 12.3. The molecule has 27 heavy (non-hydrogen) atoms. The molecule has 140 valence electrons. The molecular formula is C18H16N2O5S2. The van der Waals surface area contributed by atoms with Gasteiger partial charge < -0.3 is 9.52 Å². The van der Waals surface area contributed by atoms with E-state index in [4.69, 9.17) is 26.6 Å². The van der Waals surface area contributed by atoms with Crippen molar-refractivity contribution >= 4 is 51.9 Å². The van der Waals surface area contributed by atoms with Gasteiger partial charge in [-0.2, -0.15) is 0 Å². The van der Waals surface area contributed by atoms with Gasteiger partial charge in [-0.25, -0.2) is 0 Å². The molecule has 0 radical (unpaired) electrons. The molecule has 1 saturated heterocycles. The molecule has 1 fully saturated rings. The molecule has 1 amide bonds. The number of hydrogen-bond acceptors (Lipinski definition) is 7. The second-order valence-electron chi connectivity index (χ2n) is 5.70. The molecule has 7 nitrogen and oxygen atoms in total. The van der Waals surface area contributed by atoms with Gasteiger partial charge in [0.25, 0.3) is 5.91 Å². The number of carbonyl (C=O) groups is 2. The number of hydrogen-bond donors (Lipinski definition) is 2. The first-order chi connectivity index (χ1) is 12.9. The van der Waals surface area contributed by atoms with Gasteiger partial charge in [0.1, 0.15) is 22.4 Å². The van der Waals surface area contributed by atoms with E-state index in [-0.39, 0.29) is 4.32 Å². The fourth-order valence-corrected chi connectivity index (χ4v) is 3.83. The number of carboxylic acids is 1. The average Bonchev–Trinajstić information content (AvgIpc) is 3.16. The van der Waals surface area contributed by atoms with Crippen molar-refractivity contribution in [2.75, 3.05) is 19.1 Å². The molecule has 0 unspecified atom stereocenters. The lowest BCUT2D eigenvalue weighted by molar-refractivity contribution is -0.140. The Labute approximate surface area is 164 Å². The van der Waals surface area contributed by atoms with Gasteiger partial charge in [0.15, 0.2) is 0 Å². The zero-order valence-electron chi connectivity index (χ0n) is 14.5. The minimum atomic E-state index is -1.12. The van der Waals surface area contributed by atoms with Gasteiger partial charge in [0.2, 0.25) is 0 Å². The molecule has 1 aliphatic rings. The normalized spacial score (nSPS) is 15.6. The van der Waals surface area contributed by atoms with E-state index in [2.05, 4.69) is 5.48 Å². The van der Waals surface area contributed by atoms with E-state index in [1.54, 1.807) is 19.3 Å². The molecule has 1 aromatic carbocycles. The summed E-state index contributed by atoms with van der Waals surface area (Å²) < 4.78 is 6.06. The Morgan fingerprint density at radius 1 is 1.41 bits per heavy atom. The Morgan fingerprint density at radius 2 is 2.19 bits per heavy atom. The number of aliphatic carboxylic acids is 1. The highest BCUT2D eigenvalue weighted by Gasteiger charge is 2.33. The number of carbonyl (C=O) groups excluding carboxylic acids is 1. The smallest absolute Gasteiger partial charge is 0.323 e. The molecule has 2 heterocycles. The van der Waals surface area contributed by atoms with Crippen molar-refractivity contribution in [3.63, 3.8) is 0 Å². The van der Waals surface area contributed by atoms with E-state index in [0.717, 1.165) is 33.5 Å². The van der Waals surface area contributed by atoms with Crippen LogP contribution in [0.4, 0.5) is 5.69 Å². The third-order valence-corrected chi connectivity index (χ3v) is 5.16. The van der Waals surface area contributed by atoms with Crippen molar-refractivity contribution in [1.29, 1.82) is 0 Å². The topological polar surface area (TPSA) is 92.0 Å². The second kappa shape index (κ2) is 7.95. The number of carboxylic acid groups (broad SMARTS) is 1. The van der Waals surface area contributed by atoms with E-state index in [1.165, 1.54) is 0 Å². The molecule has 0 saturated carbocycles. The van der Waals surface area contributed by atoms with Crippen molar-refractivity contribution in [2.45, 2.75) is 6.92 Å². The number of nitrogens with one attached hydrogen (secondary N) is 1. The molecule has 2 N–H and O–H groups in total. The number of nitrogens with zero attached hydrogens (tertiary/aromatic N) is 1. The van der Waals surface area contributed by atoms with Crippen LogP contribution in [0.3, 0.4) is 0 Å². The second-order valence-corrected chi connectivity index (χ2v) is 7.38. The SMILES string of the molecule is CONc1ccc(-c2ccc(/C=C3\SC(=S)N(CC(=O)O)C3=O)o2)c(C)c1. The van der Waals surface area contributed by atoms with Crippen molar-refractivity contribution in [3.05, 3.63) is 46.6 Å². The summed E-state index contributed by atoms with van der Waals surface area (Å²) in [7, 11) is 1.54. The Balaban J connectivity index is 1.82. The van der Waals surface area contributed by atoms with E-state index >= 15 is 0 Å². The van der Waals surface area contributed by atoms with Crippen LogP contribution in [-0.2, 0) is 14.4 Å². The lowest BCUT2D eigenvalue weighted by Gasteiger charge is -2.10. The van der Waals surface area contributed by atoms with Crippen molar-refractivity contribution in [1.82, 2.24) is 4.90 Å². The number of amides is 1. The fraction of sp³-hybridized carbons (Fsp3) is 0.167. The summed E-state index contributed by atoms with van der Waals surface area (Å²) in [6.07, 6.45) is 1.57. The molecule has 0 bridgehead atoms. The number of aryl methyl sites for hydroxylation is 1. The zero-order valence-corrected chi connectivity index (χ0v) is 16.1. The Bertz CT molecular complexity index is 951. The van der Waals surface area contributed by atoms with Crippen LogP contribution < -0.4 is 5.48 Å². The predicted octanol–water partition coefficient (Wildman–Crippen LogP) is 3.51. The maximum absolute atomic E-state index is 12.3. The highest BCUT2D eigenvalue weighted by molar-refractivity contribution is 8.26. The Morgan fingerprint density at radius 3 is 2.85 bits per heavy atom. The third kappa shape index (κ3) is 4.21. The first-order valence-corrected chi connectivity index (χ1v) is 9.08. The van der Waals surface area contributed by atoms with Crippen LogP contribution in [0, 0.1) is 6.92 Å². The molecule has 9 heteroatoms. The lowest BCUT2D eigenvalue weighted by atomic mass is 10.1. The fourth-order valence-electron chi connectivity index (χ4n) is 2.60. The highest BCUT2D eigenvalue weighted by atomic mass is 32.2. The van der Waals surface area contributed by atoms with Crippen LogP contribution >= 0.6 is 24.0 Å². The van der Waals surface area contributed by atoms with Crippen molar-refractivity contribution < 1.29 is 24.0 Å². The van der Waals surface area contributed by atoms with Crippen LogP contribution in [0.15, 0.2) is 39.7 Å². The first-order valence-electron chi connectivity index (χ1n) is 7.86. The van der Waals surface area contributed by atoms with Gasteiger partial charge in [-0.1, -0.05) is 24.0 Å². The standard InChI is InChI=1S/C18H16N2O5S2/c1-10-7-11(19-24-2)3-5-13(10)14-6-4-12(25-14)8-15-17(23)20(9-16(21)22)18(26)27-15/h3-8,19H,9H2,1-2H3,(H,21,22)/b15-8-. The zero-order chi connectivity index (χ0) is 19.6. The lowest BCUT2D eigenvalue weighted by Crippen LogP contribution is -2.33. The van der Waals surface area contributed by atoms with Crippen LogP contribution in [-0.4, -0.2) is 39.9 Å².